The number of hydrazone groups is 1. The molecule has 1 N–H and O–H groups in total. The standard InChI is InChI=1S/C18H23N3O4S/c1-13(14-5-3-2-4-6-14)11-19-18(23)16-7-8-17(22)21(20-16)15-9-10-26(24,25)12-15/h2-6,13,15H,7-12H2,1H3,(H,19,23). The monoisotopic (exact) mass is 377 g/mol. The van der Waals surface area contributed by atoms with Crippen LogP contribution in [0.4, 0.5) is 0 Å². The van der Waals surface area contributed by atoms with Gasteiger partial charge in [-0.05, 0) is 17.9 Å². The summed E-state index contributed by atoms with van der Waals surface area (Å²) in [5.41, 5.74) is 1.42. The highest BCUT2D eigenvalue weighted by molar-refractivity contribution is 7.91. The Labute approximate surface area is 153 Å². The Morgan fingerprint density at radius 2 is 2.04 bits per heavy atom. The Balaban J connectivity index is 1.63. The van der Waals surface area contributed by atoms with Gasteiger partial charge >= 0.3 is 0 Å². The normalized spacial score (nSPS) is 23.4. The fourth-order valence-corrected chi connectivity index (χ4v) is 4.93. The molecule has 0 spiro atoms. The van der Waals surface area contributed by atoms with E-state index in [1.54, 1.807) is 0 Å². The zero-order valence-electron chi connectivity index (χ0n) is 14.7. The molecule has 3 rings (SSSR count). The van der Waals surface area contributed by atoms with E-state index in [0.717, 1.165) is 5.56 Å². The molecule has 2 heterocycles. The molecule has 0 saturated carbocycles. The summed E-state index contributed by atoms with van der Waals surface area (Å²) < 4.78 is 23.3. The van der Waals surface area contributed by atoms with Crippen molar-refractivity contribution in [1.82, 2.24) is 10.3 Å². The second kappa shape index (κ2) is 7.57. The van der Waals surface area contributed by atoms with E-state index in [2.05, 4.69) is 10.4 Å². The summed E-state index contributed by atoms with van der Waals surface area (Å²) in [6.45, 7) is 2.49. The zero-order chi connectivity index (χ0) is 18.7. The lowest BCUT2D eigenvalue weighted by molar-refractivity contribution is -0.133. The molecule has 1 fully saturated rings. The van der Waals surface area contributed by atoms with E-state index in [-0.39, 0.29) is 47.8 Å². The minimum absolute atomic E-state index is 0.0626. The van der Waals surface area contributed by atoms with Crippen LogP contribution in [0.25, 0.3) is 0 Å². The number of amides is 2. The van der Waals surface area contributed by atoms with Gasteiger partial charge in [0.1, 0.15) is 5.71 Å². The SMILES string of the molecule is CC(CNC(=O)C1=NN(C2CCS(=O)(=O)C2)C(=O)CC1)c1ccccc1. The smallest absolute Gasteiger partial charge is 0.267 e. The fourth-order valence-electron chi connectivity index (χ4n) is 3.24. The second-order valence-corrected chi connectivity index (χ2v) is 9.09. The molecule has 2 amide bonds. The van der Waals surface area contributed by atoms with E-state index in [9.17, 15) is 18.0 Å². The zero-order valence-corrected chi connectivity index (χ0v) is 15.5. The van der Waals surface area contributed by atoms with E-state index < -0.39 is 15.9 Å². The van der Waals surface area contributed by atoms with Crippen LogP contribution in [0.3, 0.4) is 0 Å². The molecule has 140 valence electrons. The second-order valence-electron chi connectivity index (χ2n) is 6.86. The number of carbonyl (C=O) groups excluding carboxylic acids is 2. The first kappa shape index (κ1) is 18.6. The van der Waals surface area contributed by atoms with Crippen molar-refractivity contribution in [2.75, 3.05) is 18.1 Å². The largest absolute Gasteiger partial charge is 0.350 e. The summed E-state index contributed by atoms with van der Waals surface area (Å²) in [5.74, 6) is -0.385. The Hall–Kier alpha value is -2.22. The van der Waals surface area contributed by atoms with Gasteiger partial charge in [0, 0.05) is 19.4 Å². The number of nitrogens with zero attached hydrogens (tertiary/aromatic N) is 2. The molecule has 0 aliphatic carbocycles. The number of hydrogen-bond donors (Lipinski definition) is 1. The van der Waals surface area contributed by atoms with Crippen molar-refractivity contribution in [2.24, 2.45) is 5.10 Å². The van der Waals surface area contributed by atoms with E-state index in [1.165, 1.54) is 5.01 Å². The lowest BCUT2D eigenvalue weighted by atomic mass is 10.0. The highest BCUT2D eigenvalue weighted by Gasteiger charge is 2.37. The Morgan fingerprint density at radius 3 is 2.69 bits per heavy atom. The lowest BCUT2D eigenvalue weighted by Crippen LogP contribution is -2.44. The van der Waals surface area contributed by atoms with Gasteiger partial charge in [-0.1, -0.05) is 37.3 Å². The highest BCUT2D eigenvalue weighted by atomic mass is 32.2. The lowest BCUT2D eigenvalue weighted by Gasteiger charge is -2.27. The van der Waals surface area contributed by atoms with Crippen molar-refractivity contribution in [3.63, 3.8) is 0 Å². The first-order valence-corrected chi connectivity index (χ1v) is 10.6. The first-order chi connectivity index (χ1) is 12.4. The van der Waals surface area contributed by atoms with E-state index in [1.807, 2.05) is 37.3 Å². The van der Waals surface area contributed by atoms with E-state index >= 15 is 0 Å². The van der Waals surface area contributed by atoms with Crippen molar-refractivity contribution in [3.05, 3.63) is 35.9 Å². The van der Waals surface area contributed by atoms with Crippen LogP contribution in [0, 0.1) is 0 Å². The number of hydrogen-bond acceptors (Lipinski definition) is 5. The van der Waals surface area contributed by atoms with Gasteiger partial charge in [0.15, 0.2) is 9.84 Å². The van der Waals surface area contributed by atoms with Crippen LogP contribution in [0.5, 0.6) is 0 Å². The molecule has 1 aromatic rings. The summed E-state index contributed by atoms with van der Waals surface area (Å²) in [4.78, 5) is 24.5. The molecule has 26 heavy (non-hydrogen) atoms. The van der Waals surface area contributed by atoms with Crippen molar-refractivity contribution >= 4 is 27.4 Å². The molecule has 2 atom stereocenters. The molecule has 8 heteroatoms. The molecule has 1 aromatic carbocycles. The number of benzene rings is 1. The predicted molar refractivity (Wildman–Crippen MR) is 98.4 cm³/mol. The summed E-state index contributed by atoms with van der Waals surface area (Å²) >= 11 is 0. The van der Waals surface area contributed by atoms with Crippen LogP contribution in [-0.4, -0.2) is 55.0 Å². The first-order valence-electron chi connectivity index (χ1n) is 8.79. The van der Waals surface area contributed by atoms with Gasteiger partial charge < -0.3 is 5.32 Å². The van der Waals surface area contributed by atoms with Gasteiger partial charge in [0.05, 0.1) is 17.5 Å². The van der Waals surface area contributed by atoms with Crippen molar-refractivity contribution < 1.29 is 18.0 Å². The summed E-state index contributed by atoms with van der Waals surface area (Å²) in [7, 11) is -3.12. The van der Waals surface area contributed by atoms with Crippen LogP contribution in [0.2, 0.25) is 0 Å². The molecule has 7 nitrogen and oxygen atoms in total. The van der Waals surface area contributed by atoms with E-state index in [4.69, 9.17) is 0 Å². The molecule has 0 bridgehead atoms. The number of rotatable bonds is 5. The average Bonchev–Trinajstić information content (AvgIpc) is 3.00. The molecular formula is C18H23N3O4S. The van der Waals surface area contributed by atoms with Crippen molar-refractivity contribution in [3.8, 4) is 0 Å². The van der Waals surface area contributed by atoms with Gasteiger partial charge in [-0.2, -0.15) is 5.10 Å². The molecule has 0 aromatic heterocycles. The van der Waals surface area contributed by atoms with Crippen LogP contribution in [0.15, 0.2) is 35.4 Å². The predicted octanol–water partition coefficient (Wildman–Crippen LogP) is 1.07. The fraction of sp³-hybridized carbons (Fsp3) is 0.500. The third-order valence-corrected chi connectivity index (χ3v) is 6.56. The van der Waals surface area contributed by atoms with Crippen LogP contribution in [0.1, 0.15) is 37.7 Å². The van der Waals surface area contributed by atoms with Gasteiger partial charge in [-0.15, -0.1) is 0 Å². The Kier molecular flexibility index (Phi) is 5.41. The quantitative estimate of drug-likeness (QED) is 0.830. The van der Waals surface area contributed by atoms with Gasteiger partial charge in [-0.3, -0.25) is 9.59 Å². The van der Waals surface area contributed by atoms with Gasteiger partial charge in [-0.25, -0.2) is 13.4 Å². The maximum absolute atomic E-state index is 12.4. The molecule has 2 aliphatic rings. The van der Waals surface area contributed by atoms with Gasteiger partial charge in [0.25, 0.3) is 5.91 Å². The molecule has 2 aliphatic heterocycles. The maximum Gasteiger partial charge on any atom is 0.267 e. The molecule has 0 radical (unpaired) electrons. The Bertz CT molecular complexity index is 820. The third-order valence-electron chi connectivity index (χ3n) is 4.81. The summed E-state index contributed by atoms with van der Waals surface area (Å²) in [6.07, 6.45) is 0.828. The molecule has 2 unspecified atom stereocenters. The molecular weight excluding hydrogens is 354 g/mol. The van der Waals surface area contributed by atoms with Crippen LogP contribution in [-0.2, 0) is 19.4 Å². The number of carbonyl (C=O) groups is 2. The van der Waals surface area contributed by atoms with Crippen molar-refractivity contribution in [2.45, 2.75) is 38.1 Å². The number of sulfone groups is 1. The molecule has 1 saturated heterocycles. The average molecular weight is 377 g/mol. The highest BCUT2D eigenvalue weighted by Crippen LogP contribution is 2.22. The van der Waals surface area contributed by atoms with Gasteiger partial charge in [0.2, 0.25) is 5.91 Å². The maximum atomic E-state index is 12.4. The van der Waals surface area contributed by atoms with Crippen molar-refractivity contribution in [1.29, 1.82) is 0 Å². The van der Waals surface area contributed by atoms with Crippen LogP contribution < -0.4 is 5.32 Å². The van der Waals surface area contributed by atoms with Crippen LogP contribution >= 0.6 is 0 Å². The van der Waals surface area contributed by atoms with E-state index in [0.29, 0.717) is 13.0 Å². The third kappa shape index (κ3) is 4.30. The minimum atomic E-state index is -3.12. The minimum Gasteiger partial charge on any atom is -0.350 e. The summed E-state index contributed by atoms with van der Waals surface area (Å²) in [6, 6.07) is 9.42. The Morgan fingerprint density at radius 1 is 1.31 bits per heavy atom. The number of nitrogens with one attached hydrogen (secondary N) is 1. The summed E-state index contributed by atoms with van der Waals surface area (Å²) in [5, 5.41) is 8.26. The topological polar surface area (TPSA) is 95.9 Å².